The van der Waals surface area contributed by atoms with Crippen molar-refractivity contribution in [2.45, 2.75) is 32.2 Å². The molecule has 0 unspecified atom stereocenters. The topological polar surface area (TPSA) is 41.1 Å². The van der Waals surface area contributed by atoms with E-state index in [0.717, 1.165) is 37.1 Å². The third-order valence-corrected chi connectivity index (χ3v) is 3.32. The minimum atomic E-state index is -0.0675. The molecule has 1 aromatic rings. The number of halogens is 2. The van der Waals surface area contributed by atoms with E-state index >= 15 is 0 Å². The number of carbonyl (C=O) groups is 1. The molecule has 5 heteroatoms. The Kier molecular flexibility index (Phi) is 5.93. The molecule has 0 bridgehead atoms. The molecule has 1 aromatic carbocycles. The van der Waals surface area contributed by atoms with Gasteiger partial charge in [0.2, 0.25) is 5.91 Å². The molecule has 18 heavy (non-hydrogen) atoms. The predicted molar refractivity (Wildman–Crippen MR) is 77.7 cm³/mol. The van der Waals surface area contributed by atoms with Gasteiger partial charge < -0.3 is 10.6 Å². The summed E-state index contributed by atoms with van der Waals surface area (Å²) in [5.74, 6) is 0.0371. The van der Waals surface area contributed by atoms with E-state index in [1.807, 2.05) is 19.1 Å². The summed E-state index contributed by atoms with van der Waals surface area (Å²) in [6.07, 6.45) is 3.17. The minimum Gasteiger partial charge on any atom is -0.324 e. The standard InChI is InChI=1S/C13H17ClN2O.ClH/c1-9-5-6-10(14)8-12(9)16-13(17)11-4-2-3-7-15-11;/h5-6,8,11,15H,2-4,7H2,1H3,(H,16,17);1H/t11-;/m1./s1. The van der Waals surface area contributed by atoms with E-state index < -0.39 is 0 Å². The maximum absolute atomic E-state index is 12.0. The molecule has 0 spiro atoms. The minimum absolute atomic E-state index is 0. The molecular formula is C13H18Cl2N2O. The lowest BCUT2D eigenvalue weighted by atomic mass is 10.0. The molecule has 1 saturated heterocycles. The van der Waals surface area contributed by atoms with Crippen LogP contribution in [0.2, 0.25) is 5.02 Å². The van der Waals surface area contributed by atoms with Crippen molar-refractivity contribution >= 4 is 35.6 Å². The molecule has 0 aliphatic carbocycles. The van der Waals surface area contributed by atoms with Gasteiger partial charge in [0.25, 0.3) is 0 Å². The SMILES string of the molecule is Cc1ccc(Cl)cc1NC(=O)[C@H]1CCCCN1.Cl. The summed E-state index contributed by atoms with van der Waals surface area (Å²) in [4.78, 5) is 12.0. The van der Waals surface area contributed by atoms with Gasteiger partial charge >= 0.3 is 0 Å². The Bertz CT molecular complexity index is 417. The molecule has 1 fully saturated rings. The van der Waals surface area contributed by atoms with Crippen LogP contribution in [-0.4, -0.2) is 18.5 Å². The van der Waals surface area contributed by atoms with E-state index in [2.05, 4.69) is 10.6 Å². The Morgan fingerprint density at radius 1 is 1.44 bits per heavy atom. The van der Waals surface area contributed by atoms with Gasteiger partial charge in [0.1, 0.15) is 0 Å². The highest BCUT2D eigenvalue weighted by Crippen LogP contribution is 2.21. The summed E-state index contributed by atoms with van der Waals surface area (Å²) < 4.78 is 0. The third kappa shape index (κ3) is 3.87. The van der Waals surface area contributed by atoms with Crippen LogP contribution in [0.5, 0.6) is 0 Å². The highest BCUT2D eigenvalue weighted by Gasteiger charge is 2.20. The third-order valence-electron chi connectivity index (χ3n) is 3.08. The normalized spacial score (nSPS) is 18.9. The Morgan fingerprint density at radius 3 is 2.89 bits per heavy atom. The summed E-state index contributed by atoms with van der Waals surface area (Å²) in [6.45, 7) is 2.88. The van der Waals surface area contributed by atoms with E-state index in [4.69, 9.17) is 11.6 Å². The zero-order chi connectivity index (χ0) is 12.3. The van der Waals surface area contributed by atoms with Crippen molar-refractivity contribution in [2.75, 3.05) is 11.9 Å². The number of nitrogens with one attached hydrogen (secondary N) is 2. The zero-order valence-electron chi connectivity index (χ0n) is 10.3. The zero-order valence-corrected chi connectivity index (χ0v) is 11.9. The van der Waals surface area contributed by atoms with Crippen LogP contribution in [0.15, 0.2) is 18.2 Å². The van der Waals surface area contributed by atoms with Crippen molar-refractivity contribution in [3.05, 3.63) is 28.8 Å². The van der Waals surface area contributed by atoms with Gasteiger partial charge in [-0.25, -0.2) is 0 Å². The Morgan fingerprint density at radius 2 is 2.22 bits per heavy atom. The predicted octanol–water partition coefficient (Wildman–Crippen LogP) is 3.15. The summed E-state index contributed by atoms with van der Waals surface area (Å²) in [5.41, 5.74) is 1.83. The van der Waals surface area contributed by atoms with E-state index in [1.54, 1.807) is 6.07 Å². The maximum Gasteiger partial charge on any atom is 0.241 e. The molecule has 0 saturated carbocycles. The fourth-order valence-electron chi connectivity index (χ4n) is 2.02. The van der Waals surface area contributed by atoms with Gasteiger partial charge in [0.05, 0.1) is 6.04 Å². The molecule has 1 heterocycles. The van der Waals surface area contributed by atoms with Crippen molar-refractivity contribution in [2.24, 2.45) is 0 Å². The maximum atomic E-state index is 12.0. The average molecular weight is 289 g/mol. The smallest absolute Gasteiger partial charge is 0.241 e. The Hall–Kier alpha value is -0.770. The fourth-order valence-corrected chi connectivity index (χ4v) is 2.20. The monoisotopic (exact) mass is 288 g/mol. The highest BCUT2D eigenvalue weighted by molar-refractivity contribution is 6.31. The second kappa shape index (κ2) is 6.98. The van der Waals surface area contributed by atoms with Gasteiger partial charge in [0.15, 0.2) is 0 Å². The quantitative estimate of drug-likeness (QED) is 0.878. The second-order valence-corrected chi connectivity index (χ2v) is 4.89. The first kappa shape index (κ1) is 15.3. The van der Waals surface area contributed by atoms with Gasteiger partial charge in [0, 0.05) is 10.7 Å². The molecule has 1 amide bonds. The van der Waals surface area contributed by atoms with Gasteiger partial charge in [-0.1, -0.05) is 24.1 Å². The Balaban J connectivity index is 0.00000162. The molecule has 2 rings (SSSR count). The van der Waals surface area contributed by atoms with Crippen LogP contribution >= 0.6 is 24.0 Å². The van der Waals surface area contributed by atoms with E-state index in [0.29, 0.717) is 5.02 Å². The van der Waals surface area contributed by atoms with Crippen molar-refractivity contribution < 1.29 is 4.79 Å². The van der Waals surface area contributed by atoms with Crippen LogP contribution in [0.1, 0.15) is 24.8 Å². The number of anilines is 1. The molecule has 100 valence electrons. The molecule has 1 aliphatic rings. The molecule has 0 aromatic heterocycles. The van der Waals surface area contributed by atoms with Gasteiger partial charge in [-0.3, -0.25) is 4.79 Å². The number of carbonyl (C=O) groups excluding carboxylic acids is 1. The number of rotatable bonds is 2. The fraction of sp³-hybridized carbons (Fsp3) is 0.462. The summed E-state index contributed by atoms with van der Waals surface area (Å²) in [7, 11) is 0. The number of hydrogen-bond donors (Lipinski definition) is 2. The van der Waals surface area contributed by atoms with Crippen LogP contribution < -0.4 is 10.6 Å². The Labute approximate surface area is 119 Å². The number of piperidine rings is 1. The van der Waals surface area contributed by atoms with Crippen LogP contribution in [0, 0.1) is 6.92 Å². The molecule has 1 aliphatic heterocycles. The second-order valence-electron chi connectivity index (χ2n) is 4.45. The van der Waals surface area contributed by atoms with E-state index in [-0.39, 0.29) is 24.4 Å². The van der Waals surface area contributed by atoms with Crippen LogP contribution in [0.3, 0.4) is 0 Å². The number of aryl methyl sites for hydroxylation is 1. The first-order valence-electron chi connectivity index (χ1n) is 5.97. The number of benzene rings is 1. The van der Waals surface area contributed by atoms with Gasteiger partial charge in [-0.05, 0) is 44.0 Å². The average Bonchev–Trinajstić information content (AvgIpc) is 2.35. The summed E-state index contributed by atoms with van der Waals surface area (Å²) in [5, 5.41) is 6.80. The van der Waals surface area contributed by atoms with Gasteiger partial charge in [-0.2, -0.15) is 0 Å². The largest absolute Gasteiger partial charge is 0.324 e. The van der Waals surface area contributed by atoms with E-state index in [1.165, 1.54) is 0 Å². The number of amides is 1. The first-order chi connectivity index (χ1) is 8.16. The molecule has 3 nitrogen and oxygen atoms in total. The molecule has 1 atom stereocenters. The van der Waals surface area contributed by atoms with Gasteiger partial charge in [-0.15, -0.1) is 12.4 Å². The lowest BCUT2D eigenvalue weighted by Gasteiger charge is -2.23. The summed E-state index contributed by atoms with van der Waals surface area (Å²) >= 11 is 5.92. The lowest BCUT2D eigenvalue weighted by molar-refractivity contribution is -0.118. The van der Waals surface area contributed by atoms with Crippen molar-refractivity contribution in [3.8, 4) is 0 Å². The van der Waals surface area contributed by atoms with E-state index in [9.17, 15) is 4.79 Å². The molecule has 0 radical (unpaired) electrons. The van der Waals surface area contributed by atoms with Crippen LogP contribution in [-0.2, 0) is 4.79 Å². The number of hydrogen-bond acceptors (Lipinski definition) is 2. The first-order valence-corrected chi connectivity index (χ1v) is 6.35. The molecule has 2 N–H and O–H groups in total. The van der Waals surface area contributed by atoms with Crippen LogP contribution in [0.4, 0.5) is 5.69 Å². The lowest BCUT2D eigenvalue weighted by Crippen LogP contribution is -2.43. The summed E-state index contributed by atoms with van der Waals surface area (Å²) in [6, 6.07) is 5.46. The molecular weight excluding hydrogens is 271 g/mol. The highest BCUT2D eigenvalue weighted by atomic mass is 35.5. The van der Waals surface area contributed by atoms with Crippen molar-refractivity contribution in [3.63, 3.8) is 0 Å². The van der Waals surface area contributed by atoms with Crippen molar-refractivity contribution in [1.29, 1.82) is 0 Å². The van der Waals surface area contributed by atoms with Crippen molar-refractivity contribution in [1.82, 2.24) is 5.32 Å². The van der Waals surface area contributed by atoms with Crippen LogP contribution in [0.25, 0.3) is 0 Å².